The van der Waals surface area contributed by atoms with E-state index in [2.05, 4.69) is 15.6 Å². The SMILES string of the molecule is CC(C)OCCCN[C@@H](CC(=O)Nc1cccnc1)C(=O)O. The molecule has 1 aromatic rings. The van der Waals surface area contributed by atoms with E-state index in [9.17, 15) is 9.59 Å². The van der Waals surface area contributed by atoms with E-state index in [0.717, 1.165) is 0 Å². The van der Waals surface area contributed by atoms with Gasteiger partial charge in [0.05, 0.1) is 24.4 Å². The molecule has 0 saturated carbocycles. The van der Waals surface area contributed by atoms with Gasteiger partial charge in [-0.3, -0.25) is 14.6 Å². The maximum atomic E-state index is 11.8. The van der Waals surface area contributed by atoms with E-state index >= 15 is 0 Å². The highest BCUT2D eigenvalue weighted by molar-refractivity contribution is 5.93. The minimum absolute atomic E-state index is 0.144. The van der Waals surface area contributed by atoms with Crippen molar-refractivity contribution < 1.29 is 19.4 Å². The number of hydrogen-bond donors (Lipinski definition) is 3. The van der Waals surface area contributed by atoms with Gasteiger partial charge in [-0.15, -0.1) is 0 Å². The Morgan fingerprint density at radius 3 is 2.77 bits per heavy atom. The molecule has 7 heteroatoms. The first-order valence-corrected chi connectivity index (χ1v) is 7.26. The number of carbonyl (C=O) groups excluding carboxylic acids is 1. The summed E-state index contributed by atoms with van der Waals surface area (Å²) in [5.74, 6) is -1.42. The average Bonchev–Trinajstić information content (AvgIpc) is 2.46. The number of nitrogens with zero attached hydrogens (tertiary/aromatic N) is 1. The molecule has 3 N–H and O–H groups in total. The van der Waals surface area contributed by atoms with Gasteiger partial charge < -0.3 is 20.5 Å². The molecular weight excluding hydrogens is 286 g/mol. The van der Waals surface area contributed by atoms with Crippen molar-refractivity contribution in [2.45, 2.75) is 38.8 Å². The predicted molar refractivity (Wildman–Crippen MR) is 82.6 cm³/mol. The Morgan fingerprint density at radius 2 is 2.18 bits per heavy atom. The van der Waals surface area contributed by atoms with E-state index in [4.69, 9.17) is 9.84 Å². The highest BCUT2D eigenvalue weighted by atomic mass is 16.5. The maximum absolute atomic E-state index is 11.8. The molecule has 1 atom stereocenters. The molecule has 1 aromatic heterocycles. The summed E-state index contributed by atoms with van der Waals surface area (Å²) in [5.41, 5.74) is 0.543. The second kappa shape index (κ2) is 9.86. The minimum atomic E-state index is -1.05. The number of ether oxygens (including phenoxy) is 1. The number of nitrogens with one attached hydrogen (secondary N) is 2. The zero-order valence-corrected chi connectivity index (χ0v) is 12.9. The molecule has 0 unspecified atom stereocenters. The van der Waals surface area contributed by atoms with Crippen LogP contribution in [-0.2, 0) is 14.3 Å². The average molecular weight is 309 g/mol. The van der Waals surface area contributed by atoms with Crippen LogP contribution in [0.1, 0.15) is 26.7 Å². The normalized spacial score (nSPS) is 12.1. The van der Waals surface area contributed by atoms with Crippen LogP contribution in [0.3, 0.4) is 0 Å². The number of carboxylic acid groups (broad SMARTS) is 1. The predicted octanol–water partition coefficient (Wildman–Crippen LogP) is 1.27. The number of anilines is 1. The van der Waals surface area contributed by atoms with E-state index in [1.807, 2.05) is 13.8 Å². The summed E-state index contributed by atoms with van der Waals surface area (Å²) in [4.78, 5) is 26.9. The van der Waals surface area contributed by atoms with Gasteiger partial charge in [-0.1, -0.05) is 0 Å². The largest absolute Gasteiger partial charge is 0.480 e. The van der Waals surface area contributed by atoms with E-state index in [-0.39, 0.29) is 18.4 Å². The van der Waals surface area contributed by atoms with E-state index in [0.29, 0.717) is 25.3 Å². The molecule has 0 aliphatic rings. The molecular formula is C15H23N3O4. The monoisotopic (exact) mass is 309 g/mol. The third-order valence-electron chi connectivity index (χ3n) is 2.80. The van der Waals surface area contributed by atoms with Gasteiger partial charge in [0.2, 0.25) is 5.91 Å². The van der Waals surface area contributed by atoms with Crippen LogP contribution in [0, 0.1) is 0 Å². The fourth-order valence-electron chi connectivity index (χ4n) is 1.75. The van der Waals surface area contributed by atoms with Gasteiger partial charge in [0.25, 0.3) is 0 Å². The Bertz CT molecular complexity index is 465. The number of aromatic nitrogens is 1. The van der Waals surface area contributed by atoms with Crippen molar-refractivity contribution in [1.29, 1.82) is 0 Å². The number of rotatable bonds is 10. The van der Waals surface area contributed by atoms with Gasteiger partial charge in [0, 0.05) is 12.8 Å². The number of hydrogen-bond acceptors (Lipinski definition) is 5. The zero-order chi connectivity index (χ0) is 16.4. The summed E-state index contributed by atoms with van der Waals surface area (Å²) in [6, 6.07) is 2.46. The van der Waals surface area contributed by atoms with Crippen molar-refractivity contribution >= 4 is 17.6 Å². The topological polar surface area (TPSA) is 101 Å². The Labute approximate surface area is 130 Å². The first-order valence-electron chi connectivity index (χ1n) is 7.26. The quantitative estimate of drug-likeness (QED) is 0.563. The van der Waals surface area contributed by atoms with Gasteiger partial charge in [-0.05, 0) is 38.9 Å². The summed E-state index contributed by atoms with van der Waals surface area (Å²) in [5, 5.41) is 14.6. The third kappa shape index (κ3) is 7.70. The Morgan fingerprint density at radius 1 is 1.41 bits per heavy atom. The van der Waals surface area contributed by atoms with E-state index in [1.54, 1.807) is 18.3 Å². The smallest absolute Gasteiger partial charge is 0.321 e. The van der Waals surface area contributed by atoms with Crippen molar-refractivity contribution in [2.24, 2.45) is 0 Å². The number of carboxylic acids is 1. The molecule has 0 bridgehead atoms. The number of aliphatic carboxylic acids is 1. The lowest BCUT2D eigenvalue weighted by Gasteiger charge is -2.14. The molecule has 0 fully saturated rings. The van der Waals surface area contributed by atoms with Crippen LogP contribution in [0.15, 0.2) is 24.5 Å². The van der Waals surface area contributed by atoms with E-state index < -0.39 is 12.0 Å². The fraction of sp³-hybridized carbons (Fsp3) is 0.533. The maximum Gasteiger partial charge on any atom is 0.321 e. The highest BCUT2D eigenvalue weighted by Gasteiger charge is 2.20. The Balaban J connectivity index is 2.34. The summed E-state index contributed by atoms with van der Waals surface area (Å²) in [6.07, 6.45) is 3.79. The molecule has 0 radical (unpaired) electrons. The highest BCUT2D eigenvalue weighted by Crippen LogP contribution is 2.04. The van der Waals surface area contributed by atoms with Crippen molar-refractivity contribution in [3.05, 3.63) is 24.5 Å². The van der Waals surface area contributed by atoms with Crippen LogP contribution >= 0.6 is 0 Å². The first kappa shape index (κ1) is 18.1. The van der Waals surface area contributed by atoms with Crippen LogP contribution in [0.4, 0.5) is 5.69 Å². The van der Waals surface area contributed by atoms with Crippen LogP contribution in [-0.4, -0.2) is 47.3 Å². The van der Waals surface area contributed by atoms with Gasteiger partial charge in [-0.2, -0.15) is 0 Å². The molecule has 1 rings (SSSR count). The van der Waals surface area contributed by atoms with Crippen molar-refractivity contribution in [2.75, 3.05) is 18.5 Å². The van der Waals surface area contributed by atoms with Crippen molar-refractivity contribution in [3.8, 4) is 0 Å². The summed E-state index contributed by atoms with van der Waals surface area (Å²) in [7, 11) is 0. The second-order valence-corrected chi connectivity index (χ2v) is 5.11. The molecule has 0 aromatic carbocycles. The number of carbonyl (C=O) groups is 2. The molecule has 0 aliphatic carbocycles. The molecule has 122 valence electrons. The molecule has 1 heterocycles. The minimum Gasteiger partial charge on any atom is -0.480 e. The first-order chi connectivity index (χ1) is 10.5. The number of amides is 1. The summed E-state index contributed by atoms with van der Waals surface area (Å²) >= 11 is 0. The zero-order valence-electron chi connectivity index (χ0n) is 12.9. The van der Waals surface area contributed by atoms with Gasteiger partial charge in [0.15, 0.2) is 0 Å². The number of pyridine rings is 1. The van der Waals surface area contributed by atoms with E-state index in [1.165, 1.54) is 6.20 Å². The Hall–Kier alpha value is -1.99. The Kier molecular flexibility index (Phi) is 8.09. The third-order valence-corrected chi connectivity index (χ3v) is 2.80. The van der Waals surface area contributed by atoms with Crippen molar-refractivity contribution in [3.63, 3.8) is 0 Å². The van der Waals surface area contributed by atoms with Gasteiger partial charge in [0.1, 0.15) is 6.04 Å². The van der Waals surface area contributed by atoms with Crippen molar-refractivity contribution in [1.82, 2.24) is 10.3 Å². The molecule has 1 amide bonds. The summed E-state index contributed by atoms with van der Waals surface area (Å²) < 4.78 is 5.37. The fourth-order valence-corrected chi connectivity index (χ4v) is 1.75. The molecule has 22 heavy (non-hydrogen) atoms. The lowest BCUT2D eigenvalue weighted by Crippen LogP contribution is -2.40. The van der Waals surface area contributed by atoms with Gasteiger partial charge >= 0.3 is 5.97 Å². The molecule has 0 spiro atoms. The lowest BCUT2D eigenvalue weighted by molar-refractivity contribution is -0.141. The standard InChI is InChI=1S/C15H23N3O4/c1-11(2)22-8-4-7-17-13(15(20)21)9-14(19)18-12-5-3-6-16-10-12/h3,5-6,10-11,13,17H,4,7-9H2,1-2H3,(H,18,19)(H,20,21)/t13-/m0/s1. The van der Waals surface area contributed by atoms with Crippen LogP contribution in [0.5, 0.6) is 0 Å². The molecule has 0 aliphatic heterocycles. The molecule has 7 nitrogen and oxygen atoms in total. The van der Waals surface area contributed by atoms with Crippen LogP contribution < -0.4 is 10.6 Å². The second-order valence-electron chi connectivity index (χ2n) is 5.11. The summed E-state index contributed by atoms with van der Waals surface area (Å²) in [6.45, 7) is 4.91. The van der Waals surface area contributed by atoms with Crippen LogP contribution in [0.25, 0.3) is 0 Å². The van der Waals surface area contributed by atoms with Crippen LogP contribution in [0.2, 0.25) is 0 Å². The molecule has 0 saturated heterocycles. The van der Waals surface area contributed by atoms with Gasteiger partial charge in [-0.25, -0.2) is 0 Å². The lowest BCUT2D eigenvalue weighted by atomic mass is 10.2.